The first kappa shape index (κ1) is 17.2. The second kappa shape index (κ2) is 11.3. The summed E-state index contributed by atoms with van der Waals surface area (Å²) in [5, 5.41) is 0. The van der Waals surface area contributed by atoms with Crippen LogP contribution in [-0.2, 0) is 4.79 Å². The molecule has 0 saturated heterocycles. The molecule has 2 nitrogen and oxygen atoms in total. The number of carbonyl (C=O) groups excluding carboxylic acids is 1. The summed E-state index contributed by atoms with van der Waals surface area (Å²) in [5.41, 5.74) is 7.51. The van der Waals surface area contributed by atoms with Crippen LogP contribution in [0.25, 0.3) is 0 Å². The van der Waals surface area contributed by atoms with E-state index in [0.717, 1.165) is 18.4 Å². The Balaban J connectivity index is 4.18. The molecule has 0 aromatic heterocycles. The average Bonchev–Trinajstić information content (AvgIpc) is 2.36. The molecule has 18 heavy (non-hydrogen) atoms. The predicted molar refractivity (Wildman–Crippen MR) is 79.4 cm³/mol. The van der Waals surface area contributed by atoms with Gasteiger partial charge in [-0.2, -0.15) is 0 Å². The SMILES string of the molecule is CCCCCCC(CCCCCC)=C(C)C(N)=O. The fourth-order valence-corrected chi connectivity index (χ4v) is 2.20. The molecular weight excluding hydrogens is 222 g/mol. The molecule has 0 heterocycles. The molecule has 2 N–H and O–H groups in total. The Kier molecular flexibility index (Phi) is 10.8. The Morgan fingerprint density at radius 1 is 0.833 bits per heavy atom. The summed E-state index contributed by atoms with van der Waals surface area (Å²) in [6, 6.07) is 0. The largest absolute Gasteiger partial charge is 0.366 e. The van der Waals surface area contributed by atoms with Crippen molar-refractivity contribution >= 4 is 5.91 Å². The number of unbranched alkanes of at least 4 members (excludes halogenated alkanes) is 6. The molecule has 1 amide bonds. The second-order valence-corrected chi connectivity index (χ2v) is 5.21. The van der Waals surface area contributed by atoms with Crippen molar-refractivity contribution in [2.45, 2.75) is 85.0 Å². The lowest BCUT2D eigenvalue weighted by molar-refractivity contribution is -0.114. The molecule has 0 aliphatic carbocycles. The first-order valence-electron chi connectivity index (χ1n) is 7.61. The highest BCUT2D eigenvalue weighted by Gasteiger charge is 2.07. The first-order valence-corrected chi connectivity index (χ1v) is 7.61. The van der Waals surface area contributed by atoms with Gasteiger partial charge in [-0.05, 0) is 32.6 Å². The third kappa shape index (κ3) is 8.32. The molecular formula is C16H31NO. The van der Waals surface area contributed by atoms with Gasteiger partial charge in [0.2, 0.25) is 5.91 Å². The number of amides is 1. The predicted octanol–water partition coefficient (Wildman–Crippen LogP) is 4.73. The van der Waals surface area contributed by atoms with Crippen molar-refractivity contribution in [3.63, 3.8) is 0 Å². The van der Waals surface area contributed by atoms with Crippen LogP contribution < -0.4 is 5.73 Å². The van der Waals surface area contributed by atoms with E-state index >= 15 is 0 Å². The lowest BCUT2D eigenvalue weighted by atomic mass is 9.96. The molecule has 0 aliphatic heterocycles. The maximum atomic E-state index is 11.3. The van der Waals surface area contributed by atoms with Crippen molar-refractivity contribution in [1.29, 1.82) is 0 Å². The average molecular weight is 253 g/mol. The number of hydrogen-bond acceptors (Lipinski definition) is 1. The van der Waals surface area contributed by atoms with Gasteiger partial charge in [0.15, 0.2) is 0 Å². The van der Waals surface area contributed by atoms with Crippen LogP contribution in [0, 0.1) is 0 Å². The zero-order valence-electron chi connectivity index (χ0n) is 12.6. The van der Waals surface area contributed by atoms with Gasteiger partial charge in [0.1, 0.15) is 0 Å². The summed E-state index contributed by atoms with van der Waals surface area (Å²) < 4.78 is 0. The monoisotopic (exact) mass is 253 g/mol. The topological polar surface area (TPSA) is 43.1 Å². The van der Waals surface area contributed by atoms with Crippen molar-refractivity contribution < 1.29 is 4.79 Å². The lowest BCUT2D eigenvalue weighted by Crippen LogP contribution is -2.14. The molecule has 0 unspecified atom stereocenters. The van der Waals surface area contributed by atoms with Gasteiger partial charge in [-0.15, -0.1) is 0 Å². The Labute approximate surface area is 113 Å². The summed E-state index contributed by atoms with van der Waals surface area (Å²) in [4.78, 5) is 11.3. The maximum absolute atomic E-state index is 11.3. The Morgan fingerprint density at radius 3 is 1.61 bits per heavy atom. The van der Waals surface area contributed by atoms with Gasteiger partial charge in [-0.1, -0.05) is 57.9 Å². The molecule has 0 rings (SSSR count). The highest BCUT2D eigenvalue weighted by Crippen LogP contribution is 2.20. The molecule has 0 radical (unpaired) electrons. The van der Waals surface area contributed by atoms with Crippen LogP contribution in [0.1, 0.15) is 85.0 Å². The minimum absolute atomic E-state index is 0.240. The van der Waals surface area contributed by atoms with Gasteiger partial charge in [-0.3, -0.25) is 4.79 Å². The lowest BCUT2D eigenvalue weighted by Gasteiger charge is -2.10. The highest BCUT2D eigenvalue weighted by atomic mass is 16.1. The summed E-state index contributed by atoms with van der Waals surface area (Å²) >= 11 is 0. The van der Waals surface area contributed by atoms with Crippen molar-refractivity contribution in [1.82, 2.24) is 0 Å². The summed E-state index contributed by atoms with van der Waals surface area (Å²) in [7, 11) is 0. The minimum atomic E-state index is -0.240. The fourth-order valence-electron chi connectivity index (χ4n) is 2.20. The third-order valence-corrected chi connectivity index (χ3v) is 3.56. The van der Waals surface area contributed by atoms with E-state index in [-0.39, 0.29) is 5.91 Å². The maximum Gasteiger partial charge on any atom is 0.244 e. The number of allylic oxidation sites excluding steroid dienone is 1. The number of rotatable bonds is 11. The van der Waals surface area contributed by atoms with Crippen LogP contribution >= 0.6 is 0 Å². The van der Waals surface area contributed by atoms with Crippen LogP contribution in [-0.4, -0.2) is 5.91 Å². The normalized spacial score (nSPS) is 10.4. The Bertz CT molecular complexity index is 242. The molecule has 0 saturated carbocycles. The van der Waals surface area contributed by atoms with Crippen LogP contribution in [0.4, 0.5) is 0 Å². The summed E-state index contributed by atoms with van der Waals surface area (Å²) in [6.45, 7) is 6.32. The third-order valence-electron chi connectivity index (χ3n) is 3.56. The standard InChI is InChI=1S/C16H31NO/c1-4-6-8-10-12-15(14(3)16(17)18)13-11-9-7-5-2/h4-13H2,1-3H3,(H2,17,18). The van der Waals surface area contributed by atoms with E-state index in [4.69, 9.17) is 5.73 Å². The van der Waals surface area contributed by atoms with E-state index in [9.17, 15) is 4.79 Å². The number of nitrogens with two attached hydrogens (primary N) is 1. The number of primary amides is 1. The molecule has 0 fully saturated rings. The van der Waals surface area contributed by atoms with E-state index in [1.54, 1.807) is 0 Å². The second-order valence-electron chi connectivity index (χ2n) is 5.21. The van der Waals surface area contributed by atoms with Crippen molar-refractivity contribution in [3.8, 4) is 0 Å². The number of hydrogen-bond donors (Lipinski definition) is 1. The summed E-state index contributed by atoms with van der Waals surface area (Å²) in [6.07, 6.45) is 12.1. The van der Waals surface area contributed by atoms with Gasteiger partial charge >= 0.3 is 0 Å². The van der Waals surface area contributed by atoms with Crippen LogP contribution in [0.5, 0.6) is 0 Å². The Hall–Kier alpha value is -0.790. The molecule has 0 atom stereocenters. The molecule has 0 aromatic carbocycles. The molecule has 106 valence electrons. The van der Waals surface area contributed by atoms with Gasteiger partial charge in [0.25, 0.3) is 0 Å². The van der Waals surface area contributed by atoms with E-state index in [0.29, 0.717) is 0 Å². The van der Waals surface area contributed by atoms with Crippen molar-refractivity contribution in [2.24, 2.45) is 5.73 Å². The summed E-state index contributed by atoms with van der Waals surface area (Å²) in [5.74, 6) is -0.240. The van der Waals surface area contributed by atoms with Gasteiger partial charge < -0.3 is 5.73 Å². The van der Waals surface area contributed by atoms with E-state index < -0.39 is 0 Å². The van der Waals surface area contributed by atoms with Crippen molar-refractivity contribution in [3.05, 3.63) is 11.1 Å². The minimum Gasteiger partial charge on any atom is -0.366 e. The molecule has 0 aromatic rings. The fraction of sp³-hybridized carbons (Fsp3) is 0.812. The highest BCUT2D eigenvalue weighted by molar-refractivity contribution is 5.92. The van der Waals surface area contributed by atoms with Crippen LogP contribution in [0.2, 0.25) is 0 Å². The zero-order chi connectivity index (χ0) is 13.8. The quantitative estimate of drug-likeness (QED) is 0.420. The van der Waals surface area contributed by atoms with Gasteiger partial charge in [0, 0.05) is 5.57 Å². The molecule has 2 heteroatoms. The smallest absolute Gasteiger partial charge is 0.244 e. The molecule has 0 bridgehead atoms. The van der Waals surface area contributed by atoms with E-state index in [1.807, 2.05) is 6.92 Å². The van der Waals surface area contributed by atoms with Crippen LogP contribution in [0.3, 0.4) is 0 Å². The van der Waals surface area contributed by atoms with E-state index in [1.165, 1.54) is 56.9 Å². The molecule has 0 spiro atoms. The molecule has 0 aliphatic rings. The van der Waals surface area contributed by atoms with Crippen molar-refractivity contribution in [2.75, 3.05) is 0 Å². The Morgan fingerprint density at radius 2 is 1.28 bits per heavy atom. The van der Waals surface area contributed by atoms with Gasteiger partial charge in [-0.25, -0.2) is 0 Å². The zero-order valence-corrected chi connectivity index (χ0v) is 12.6. The van der Waals surface area contributed by atoms with Gasteiger partial charge in [0.05, 0.1) is 0 Å². The first-order chi connectivity index (χ1) is 8.63. The van der Waals surface area contributed by atoms with Crippen LogP contribution in [0.15, 0.2) is 11.1 Å². The number of carbonyl (C=O) groups is 1. The van der Waals surface area contributed by atoms with E-state index in [2.05, 4.69) is 13.8 Å².